The van der Waals surface area contributed by atoms with Gasteiger partial charge in [-0.2, -0.15) is 0 Å². The molecule has 0 atom stereocenters. The summed E-state index contributed by atoms with van der Waals surface area (Å²) in [5.74, 6) is 0.0406. The predicted molar refractivity (Wildman–Crippen MR) is 66.0 cm³/mol. The second kappa shape index (κ2) is 4.87. The molecule has 0 unspecified atom stereocenters. The molecule has 0 saturated carbocycles. The van der Waals surface area contributed by atoms with E-state index in [1.165, 1.54) is 10.9 Å². The van der Waals surface area contributed by atoms with Crippen LogP contribution in [0.25, 0.3) is 5.69 Å². The van der Waals surface area contributed by atoms with E-state index >= 15 is 0 Å². The highest BCUT2D eigenvalue weighted by atomic mass is 16.6. The lowest BCUT2D eigenvalue weighted by Crippen LogP contribution is -2.07. The van der Waals surface area contributed by atoms with E-state index in [0.717, 1.165) is 5.69 Å². The Labute approximate surface area is 104 Å². The molecule has 1 heterocycles. The van der Waals surface area contributed by atoms with Crippen molar-refractivity contribution in [2.75, 3.05) is 0 Å². The highest BCUT2D eigenvalue weighted by Crippen LogP contribution is 2.27. The van der Waals surface area contributed by atoms with E-state index in [-0.39, 0.29) is 17.7 Å². The van der Waals surface area contributed by atoms with Gasteiger partial charge in [-0.1, -0.05) is 18.2 Å². The van der Waals surface area contributed by atoms with Crippen molar-refractivity contribution < 1.29 is 9.66 Å². The highest BCUT2D eigenvalue weighted by molar-refractivity contribution is 5.43. The largest absolute Gasteiger partial charge is 0.469 e. The SMILES string of the molecule is CC(C)Oc1nn(-c2ccccc2)cc1[N+](=O)[O-]. The summed E-state index contributed by atoms with van der Waals surface area (Å²) in [4.78, 5) is 10.4. The van der Waals surface area contributed by atoms with Gasteiger partial charge in [-0.25, -0.2) is 4.68 Å². The first-order chi connectivity index (χ1) is 8.58. The van der Waals surface area contributed by atoms with Gasteiger partial charge in [-0.05, 0) is 26.0 Å². The second-order valence-electron chi connectivity index (χ2n) is 4.02. The Balaban J connectivity index is 2.42. The van der Waals surface area contributed by atoms with E-state index in [9.17, 15) is 10.1 Å². The summed E-state index contributed by atoms with van der Waals surface area (Å²) in [5, 5.41) is 15.0. The molecular weight excluding hydrogens is 234 g/mol. The van der Waals surface area contributed by atoms with Crippen LogP contribution in [-0.2, 0) is 0 Å². The molecule has 0 bridgehead atoms. The number of nitro groups is 1. The molecule has 0 N–H and O–H groups in total. The Morgan fingerprint density at radius 3 is 2.56 bits per heavy atom. The smallest absolute Gasteiger partial charge is 0.350 e. The van der Waals surface area contributed by atoms with Gasteiger partial charge in [0.15, 0.2) is 0 Å². The molecule has 0 amide bonds. The van der Waals surface area contributed by atoms with Crippen molar-refractivity contribution in [3.05, 3.63) is 46.6 Å². The Bertz CT molecular complexity index is 549. The summed E-state index contributed by atoms with van der Waals surface area (Å²) < 4.78 is 6.78. The predicted octanol–water partition coefficient (Wildman–Crippen LogP) is 2.57. The van der Waals surface area contributed by atoms with Crippen molar-refractivity contribution in [1.82, 2.24) is 9.78 Å². The number of para-hydroxylation sites is 1. The first-order valence-electron chi connectivity index (χ1n) is 5.54. The van der Waals surface area contributed by atoms with E-state index in [1.807, 2.05) is 30.3 Å². The van der Waals surface area contributed by atoms with Crippen LogP contribution in [0.15, 0.2) is 36.5 Å². The summed E-state index contributed by atoms with van der Waals surface area (Å²) in [5.41, 5.74) is 0.617. The lowest BCUT2D eigenvalue weighted by molar-refractivity contribution is -0.386. The first kappa shape index (κ1) is 12.1. The monoisotopic (exact) mass is 247 g/mol. The number of rotatable bonds is 4. The van der Waals surface area contributed by atoms with Gasteiger partial charge >= 0.3 is 11.6 Å². The first-order valence-corrected chi connectivity index (χ1v) is 5.54. The zero-order valence-corrected chi connectivity index (χ0v) is 10.1. The van der Waals surface area contributed by atoms with E-state index in [4.69, 9.17) is 4.74 Å². The molecule has 6 heteroatoms. The van der Waals surface area contributed by atoms with E-state index < -0.39 is 4.92 Å². The average molecular weight is 247 g/mol. The van der Waals surface area contributed by atoms with Crippen LogP contribution in [-0.4, -0.2) is 20.8 Å². The van der Waals surface area contributed by atoms with Crippen molar-refractivity contribution in [1.29, 1.82) is 0 Å². The molecule has 0 spiro atoms. The van der Waals surface area contributed by atoms with E-state index in [2.05, 4.69) is 5.10 Å². The Morgan fingerprint density at radius 1 is 1.33 bits per heavy atom. The van der Waals surface area contributed by atoms with E-state index in [0.29, 0.717) is 0 Å². The van der Waals surface area contributed by atoms with Gasteiger partial charge in [0.2, 0.25) is 0 Å². The Morgan fingerprint density at radius 2 is 2.00 bits per heavy atom. The van der Waals surface area contributed by atoms with Gasteiger partial charge in [0.05, 0.1) is 16.7 Å². The van der Waals surface area contributed by atoms with Crippen LogP contribution in [0, 0.1) is 10.1 Å². The normalized spacial score (nSPS) is 10.6. The molecular formula is C12H13N3O3. The summed E-state index contributed by atoms with van der Waals surface area (Å²) in [6, 6.07) is 9.18. The third kappa shape index (κ3) is 2.48. The van der Waals surface area contributed by atoms with Crippen LogP contribution in [0.4, 0.5) is 5.69 Å². The Kier molecular flexibility index (Phi) is 3.27. The lowest BCUT2D eigenvalue weighted by Gasteiger charge is -2.04. The van der Waals surface area contributed by atoms with Crippen LogP contribution >= 0.6 is 0 Å². The summed E-state index contributed by atoms with van der Waals surface area (Å²) in [7, 11) is 0. The van der Waals surface area contributed by atoms with Crippen LogP contribution in [0.1, 0.15) is 13.8 Å². The fourth-order valence-electron chi connectivity index (χ4n) is 1.49. The van der Waals surface area contributed by atoms with E-state index in [1.54, 1.807) is 13.8 Å². The molecule has 1 aromatic carbocycles. The molecule has 1 aromatic heterocycles. The standard InChI is InChI=1S/C12H13N3O3/c1-9(2)18-12-11(15(16)17)8-14(13-12)10-6-4-3-5-7-10/h3-9H,1-2H3. The van der Waals surface area contributed by atoms with Crippen molar-refractivity contribution >= 4 is 5.69 Å². The third-order valence-electron chi connectivity index (χ3n) is 2.23. The third-order valence-corrected chi connectivity index (χ3v) is 2.23. The molecule has 0 aliphatic heterocycles. The van der Waals surface area contributed by atoms with Gasteiger partial charge in [-0.15, -0.1) is 5.10 Å². The quantitative estimate of drug-likeness (QED) is 0.615. The maximum Gasteiger partial charge on any atom is 0.350 e. The van der Waals surface area contributed by atoms with Crippen molar-refractivity contribution in [3.63, 3.8) is 0 Å². The summed E-state index contributed by atoms with van der Waals surface area (Å²) in [6.45, 7) is 3.59. The molecule has 2 aromatic rings. The number of nitrogens with zero attached hydrogens (tertiary/aromatic N) is 3. The minimum Gasteiger partial charge on any atom is -0.469 e. The van der Waals surface area contributed by atoms with Crippen molar-refractivity contribution in [3.8, 4) is 11.6 Å². The number of hydrogen-bond acceptors (Lipinski definition) is 4. The average Bonchev–Trinajstić information content (AvgIpc) is 2.73. The minimum atomic E-state index is -0.496. The number of aromatic nitrogens is 2. The van der Waals surface area contributed by atoms with Crippen LogP contribution < -0.4 is 4.74 Å². The number of ether oxygens (including phenoxy) is 1. The molecule has 94 valence electrons. The van der Waals surface area contributed by atoms with Gasteiger partial charge in [0.1, 0.15) is 6.20 Å². The maximum absolute atomic E-state index is 10.9. The number of hydrogen-bond donors (Lipinski definition) is 0. The molecule has 0 saturated heterocycles. The zero-order chi connectivity index (χ0) is 13.1. The van der Waals surface area contributed by atoms with Crippen LogP contribution in [0.3, 0.4) is 0 Å². The second-order valence-corrected chi connectivity index (χ2v) is 4.02. The highest BCUT2D eigenvalue weighted by Gasteiger charge is 2.22. The zero-order valence-electron chi connectivity index (χ0n) is 10.1. The molecule has 2 rings (SSSR count). The lowest BCUT2D eigenvalue weighted by atomic mass is 10.3. The van der Waals surface area contributed by atoms with Crippen molar-refractivity contribution in [2.24, 2.45) is 0 Å². The van der Waals surface area contributed by atoms with Crippen LogP contribution in [0.2, 0.25) is 0 Å². The molecule has 18 heavy (non-hydrogen) atoms. The van der Waals surface area contributed by atoms with Gasteiger partial charge in [0, 0.05) is 0 Å². The molecule has 0 radical (unpaired) electrons. The fourth-order valence-corrected chi connectivity index (χ4v) is 1.49. The van der Waals surface area contributed by atoms with Gasteiger partial charge in [0.25, 0.3) is 0 Å². The molecule has 0 aliphatic carbocycles. The fraction of sp³-hybridized carbons (Fsp3) is 0.250. The van der Waals surface area contributed by atoms with Crippen molar-refractivity contribution in [2.45, 2.75) is 20.0 Å². The summed E-state index contributed by atoms with van der Waals surface area (Å²) in [6.07, 6.45) is 1.19. The molecule has 0 aliphatic rings. The van der Waals surface area contributed by atoms with Crippen LogP contribution in [0.5, 0.6) is 5.88 Å². The maximum atomic E-state index is 10.9. The number of benzene rings is 1. The summed E-state index contributed by atoms with van der Waals surface area (Å²) >= 11 is 0. The molecule has 6 nitrogen and oxygen atoms in total. The Hall–Kier alpha value is -2.37. The van der Waals surface area contributed by atoms with Gasteiger partial charge < -0.3 is 4.74 Å². The topological polar surface area (TPSA) is 70.2 Å². The van der Waals surface area contributed by atoms with Gasteiger partial charge in [-0.3, -0.25) is 10.1 Å². The molecule has 0 fully saturated rings. The minimum absolute atomic E-state index is 0.0406.